The van der Waals surface area contributed by atoms with Crippen LogP contribution in [-0.2, 0) is 0 Å². The summed E-state index contributed by atoms with van der Waals surface area (Å²) in [6, 6.07) is 10.4. The molecule has 0 saturated carbocycles. The zero-order chi connectivity index (χ0) is 20.0. The Balaban J connectivity index is 2.16. The van der Waals surface area contributed by atoms with Crippen LogP contribution in [0.15, 0.2) is 45.7 Å². The molecule has 0 aliphatic rings. The van der Waals surface area contributed by atoms with Crippen molar-refractivity contribution in [3.05, 3.63) is 51.2 Å². The van der Waals surface area contributed by atoms with E-state index in [9.17, 15) is 9.90 Å². The number of para-hydroxylation sites is 1. The number of nitrogens with one attached hydrogen (secondary N) is 1. The molecule has 3 aromatic rings. The molecule has 0 amide bonds. The van der Waals surface area contributed by atoms with Crippen molar-refractivity contribution < 1.29 is 9.53 Å². The molecule has 0 fully saturated rings. The van der Waals surface area contributed by atoms with Crippen molar-refractivity contribution in [2.75, 3.05) is 0 Å². The third-order valence-electron chi connectivity index (χ3n) is 5.11. The van der Waals surface area contributed by atoms with Crippen LogP contribution in [0.3, 0.4) is 0 Å². The van der Waals surface area contributed by atoms with E-state index in [1.807, 2.05) is 6.07 Å². The van der Waals surface area contributed by atoms with Gasteiger partial charge in [-0.2, -0.15) is 0 Å². The van der Waals surface area contributed by atoms with Crippen molar-refractivity contribution in [1.82, 2.24) is 9.97 Å². The Labute approximate surface area is 167 Å². The minimum atomic E-state index is -2.08. The first kappa shape index (κ1) is 19.6. The van der Waals surface area contributed by atoms with Gasteiger partial charge in [-0.15, -0.1) is 0 Å². The molecule has 1 aromatic heterocycles. The van der Waals surface area contributed by atoms with E-state index in [4.69, 9.17) is 4.43 Å². The van der Waals surface area contributed by atoms with Crippen molar-refractivity contribution >= 4 is 35.2 Å². The lowest BCUT2D eigenvalue weighted by Gasteiger charge is -2.36. The molecule has 0 spiro atoms. The van der Waals surface area contributed by atoms with Gasteiger partial charge in [-0.3, -0.25) is 4.79 Å². The van der Waals surface area contributed by atoms with Gasteiger partial charge >= 0.3 is 0 Å². The highest BCUT2D eigenvalue weighted by molar-refractivity contribution is 9.10. The molecule has 0 bridgehead atoms. The zero-order valence-corrected chi connectivity index (χ0v) is 18.6. The van der Waals surface area contributed by atoms with Crippen LogP contribution >= 0.6 is 15.9 Å². The number of rotatable bonds is 3. The summed E-state index contributed by atoms with van der Waals surface area (Å²) < 4.78 is 6.97. The summed E-state index contributed by atoms with van der Waals surface area (Å²) in [4.78, 5) is 19.7. The normalized spacial score (nSPS) is 12.4. The van der Waals surface area contributed by atoms with Crippen molar-refractivity contribution in [1.29, 1.82) is 0 Å². The van der Waals surface area contributed by atoms with E-state index in [-0.39, 0.29) is 16.3 Å². The maximum atomic E-state index is 12.4. The first-order chi connectivity index (χ1) is 12.5. The molecule has 7 heteroatoms. The van der Waals surface area contributed by atoms with E-state index >= 15 is 0 Å². The maximum Gasteiger partial charge on any atom is 0.259 e. The fourth-order valence-corrected chi connectivity index (χ4v) is 4.26. The van der Waals surface area contributed by atoms with Crippen LogP contribution in [0, 0.1) is 0 Å². The largest absolute Gasteiger partial charge is 0.543 e. The summed E-state index contributed by atoms with van der Waals surface area (Å²) in [5.41, 5.74) is 0.727. The quantitative estimate of drug-likeness (QED) is 0.524. The standard InChI is InChI=1S/C20H23BrN2O3Si/c1-20(2,3)27(4,5)26-15-11-10-14(24)16(17(15)21)18-22-13-9-7-6-8-12(13)19(25)23-18/h6-11,24H,1-5H3,(H,22,23,25). The van der Waals surface area contributed by atoms with Crippen LogP contribution < -0.4 is 9.99 Å². The van der Waals surface area contributed by atoms with Gasteiger partial charge < -0.3 is 14.5 Å². The average Bonchev–Trinajstić information content (AvgIpc) is 2.57. The molecule has 0 aliphatic heterocycles. The van der Waals surface area contributed by atoms with E-state index < -0.39 is 8.32 Å². The number of aromatic hydroxyl groups is 1. The Bertz CT molecular complexity index is 1070. The van der Waals surface area contributed by atoms with Gasteiger partial charge in [0.2, 0.25) is 0 Å². The smallest absolute Gasteiger partial charge is 0.259 e. The van der Waals surface area contributed by atoms with E-state index in [1.54, 1.807) is 30.3 Å². The van der Waals surface area contributed by atoms with E-state index in [1.165, 1.54) is 0 Å². The van der Waals surface area contributed by atoms with Crippen molar-refractivity contribution in [3.63, 3.8) is 0 Å². The number of fused-ring (bicyclic) bond motifs is 1. The first-order valence-electron chi connectivity index (χ1n) is 8.71. The fraction of sp³-hybridized carbons (Fsp3) is 0.300. The summed E-state index contributed by atoms with van der Waals surface area (Å²) in [7, 11) is -2.08. The van der Waals surface area contributed by atoms with Gasteiger partial charge in [0, 0.05) is 0 Å². The Morgan fingerprint density at radius 3 is 2.48 bits per heavy atom. The number of H-pyrrole nitrogens is 1. The summed E-state index contributed by atoms with van der Waals surface area (Å²) in [5.74, 6) is 0.942. The Morgan fingerprint density at radius 1 is 1.15 bits per heavy atom. The lowest BCUT2D eigenvalue weighted by molar-refractivity contribution is 0.468. The van der Waals surface area contributed by atoms with Crippen LogP contribution in [0.25, 0.3) is 22.3 Å². The summed E-state index contributed by atoms with van der Waals surface area (Å²) in [6.07, 6.45) is 0. The number of nitrogens with zero attached hydrogens (tertiary/aromatic N) is 1. The lowest BCUT2D eigenvalue weighted by atomic mass is 10.1. The molecule has 27 heavy (non-hydrogen) atoms. The van der Waals surface area contributed by atoms with Crippen molar-refractivity contribution in [2.24, 2.45) is 0 Å². The molecule has 1 heterocycles. The number of phenols is 1. The molecule has 0 aliphatic carbocycles. The van der Waals surface area contributed by atoms with Crippen molar-refractivity contribution in [3.8, 4) is 22.9 Å². The minimum Gasteiger partial charge on any atom is -0.543 e. The molecule has 5 nitrogen and oxygen atoms in total. The Kier molecular flexibility index (Phi) is 4.94. The first-order valence-corrected chi connectivity index (χ1v) is 12.4. The van der Waals surface area contributed by atoms with Gasteiger partial charge in [-0.25, -0.2) is 4.98 Å². The molecule has 0 atom stereocenters. The molecular formula is C20H23BrN2O3Si. The number of aromatic nitrogens is 2. The maximum absolute atomic E-state index is 12.4. The number of hydrogen-bond acceptors (Lipinski definition) is 4. The van der Waals surface area contributed by atoms with Gasteiger partial charge in [0.15, 0.2) is 0 Å². The second-order valence-electron chi connectivity index (χ2n) is 8.07. The van der Waals surface area contributed by atoms with Crippen LogP contribution in [-0.4, -0.2) is 23.4 Å². The minimum absolute atomic E-state index is 0.0166. The number of aromatic amines is 1. The highest BCUT2D eigenvalue weighted by Crippen LogP contribution is 2.44. The number of halogens is 1. The Hall–Kier alpha value is -2.12. The number of benzene rings is 2. The summed E-state index contributed by atoms with van der Waals surface area (Å²) >= 11 is 3.55. The highest BCUT2D eigenvalue weighted by atomic mass is 79.9. The van der Waals surface area contributed by atoms with Crippen molar-refractivity contribution in [2.45, 2.75) is 38.9 Å². The Morgan fingerprint density at radius 2 is 1.81 bits per heavy atom. The zero-order valence-electron chi connectivity index (χ0n) is 16.1. The van der Waals surface area contributed by atoms with Crippen LogP contribution in [0.5, 0.6) is 11.5 Å². The van der Waals surface area contributed by atoms with Gasteiger partial charge in [0.1, 0.15) is 17.3 Å². The summed E-state index contributed by atoms with van der Waals surface area (Å²) in [6.45, 7) is 10.8. The highest BCUT2D eigenvalue weighted by Gasteiger charge is 2.39. The SMILES string of the molecule is CC(C)(C)[Si](C)(C)Oc1ccc(O)c(-c2nc3ccccc3c(=O)[nH]2)c1Br. The summed E-state index contributed by atoms with van der Waals surface area (Å²) in [5, 5.41) is 11.0. The average molecular weight is 447 g/mol. The molecule has 2 aromatic carbocycles. The monoisotopic (exact) mass is 446 g/mol. The van der Waals surface area contributed by atoms with Crippen LogP contribution in [0.2, 0.25) is 18.1 Å². The van der Waals surface area contributed by atoms with Gasteiger partial charge in [-0.05, 0) is 58.3 Å². The van der Waals surface area contributed by atoms with Crippen LogP contribution in [0.4, 0.5) is 0 Å². The molecule has 0 unspecified atom stereocenters. The molecular weight excluding hydrogens is 424 g/mol. The third-order valence-corrected chi connectivity index (χ3v) is 10.2. The topological polar surface area (TPSA) is 75.2 Å². The van der Waals surface area contributed by atoms with E-state index in [2.05, 4.69) is 59.8 Å². The van der Waals surface area contributed by atoms with Crippen LogP contribution in [0.1, 0.15) is 20.8 Å². The van der Waals surface area contributed by atoms with E-state index in [0.29, 0.717) is 32.5 Å². The second-order valence-corrected chi connectivity index (χ2v) is 13.6. The third kappa shape index (κ3) is 3.66. The second kappa shape index (κ2) is 6.80. The molecule has 3 rings (SSSR count). The van der Waals surface area contributed by atoms with Gasteiger partial charge in [-0.1, -0.05) is 32.9 Å². The predicted octanol–water partition coefficient (Wildman–Crippen LogP) is 5.44. The van der Waals surface area contributed by atoms with Gasteiger partial charge in [0.25, 0.3) is 13.9 Å². The molecule has 0 radical (unpaired) electrons. The van der Waals surface area contributed by atoms with Gasteiger partial charge in [0.05, 0.1) is 20.9 Å². The molecule has 2 N–H and O–H groups in total. The predicted molar refractivity (Wildman–Crippen MR) is 115 cm³/mol. The lowest BCUT2D eigenvalue weighted by Crippen LogP contribution is -2.43. The molecule has 142 valence electrons. The fourth-order valence-electron chi connectivity index (χ4n) is 2.48. The number of hydrogen-bond donors (Lipinski definition) is 2. The number of phenolic OH excluding ortho intramolecular Hbond substituents is 1. The van der Waals surface area contributed by atoms with E-state index in [0.717, 1.165) is 0 Å². The molecule has 0 saturated heterocycles.